The molecule has 2 aromatic rings. The highest BCUT2D eigenvalue weighted by atomic mass is 19.1. The van der Waals surface area contributed by atoms with Gasteiger partial charge in [0, 0.05) is 39.5 Å². The topological polar surface area (TPSA) is 64.3 Å². The summed E-state index contributed by atoms with van der Waals surface area (Å²) < 4.78 is 15.5. The van der Waals surface area contributed by atoms with Crippen molar-refractivity contribution in [1.82, 2.24) is 14.0 Å². The number of carbonyl (C=O) groups excluding carboxylic acids is 1. The second-order valence-electron chi connectivity index (χ2n) is 5.66. The number of hydrogen-bond acceptors (Lipinski definition) is 3. The van der Waals surface area contributed by atoms with Gasteiger partial charge < -0.3 is 9.47 Å². The Hall–Kier alpha value is -2.96. The van der Waals surface area contributed by atoms with Crippen molar-refractivity contribution in [2.24, 2.45) is 14.1 Å². The van der Waals surface area contributed by atoms with Gasteiger partial charge in [-0.1, -0.05) is 12.1 Å². The SMILES string of the molecule is CCN(Cc1cccc(F)c1)C(=O)/C=C/c1cn(C)c(=O)n(C)c1=O. The van der Waals surface area contributed by atoms with Crippen molar-refractivity contribution in [2.75, 3.05) is 6.54 Å². The zero-order valence-electron chi connectivity index (χ0n) is 14.4. The van der Waals surface area contributed by atoms with Crippen molar-refractivity contribution in [1.29, 1.82) is 0 Å². The lowest BCUT2D eigenvalue weighted by Gasteiger charge is -2.19. The van der Waals surface area contributed by atoms with Gasteiger partial charge in [0.25, 0.3) is 5.56 Å². The minimum absolute atomic E-state index is 0.236. The third-order valence-electron chi connectivity index (χ3n) is 3.83. The molecule has 132 valence electrons. The fraction of sp³-hybridized carbons (Fsp3) is 0.278. The molecule has 25 heavy (non-hydrogen) atoms. The third kappa shape index (κ3) is 4.32. The Balaban J connectivity index is 2.21. The molecule has 0 atom stereocenters. The first-order valence-corrected chi connectivity index (χ1v) is 7.81. The Bertz CT molecular complexity index is 928. The van der Waals surface area contributed by atoms with Gasteiger partial charge in [0.2, 0.25) is 5.91 Å². The molecule has 2 rings (SSSR count). The number of halogens is 1. The second kappa shape index (κ2) is 7.74. The van der Waals surface area contributed by atoms with E-state index < -0.39 is 11.2 Å². The lowest BCUT2D eigenvalue weighted by Crippen LogP contribution is -2.37. The quantitative estimate of drug-likeness (QED) is 0.767. The number of carbonyl (C=O) groups is 1. The van der Waals surface area contributed by atoms with Gasteiger partial charge in [-0.3, -0.25) is 14.2 Å². The summed E-state index contributed by atoms with van der Waals surface area (Å²) in [6.07, 6.45) is 4.06. The average molecular weight is 345 g/mol. The van der Waals surface area contributed by atoms with Crippen molar-refractivity contribution in [3.8, 4) is 0 Å². The Morgan fingerprint density at radius 2 is 2.00 bits per heavy atom. The molecule has 0 radical (unpaired) electrons. The van der Waals surface area contributed by atoms with Crippen LogP contribution in [0.3, 0.4) is 0 Å². The predicted molar refractivity (Wildman–Crippen MR) is 93.4 cm³/mol. The molecular weight excluding hydrogens is 325 g/mol. The predicted octanol–water partition coefficient (Wildman–Crippen LogP) is 1.28. The molecular formula is C18H20FN3O3. The van der Waals surface area contributed by atoms with E-state index in [4.69, 9.17) is 0 Å². The molecule has 1 heterocycles. The molecule has 0 aliphatic carbocycles. The van der Waals surface area contributed by atoms with Crippen molar-refractivity contribution >= 4 is 12.0 Å². The van der Waals surface area contributed by atoms with Gasteiger partial charge in [0.1, 0.15) is 5.82 Å². The van der Waals surface area contributed by atoms with Gasteiger partial charge >= 0.3 is 5.69 Å². The van der Waals surface area contributed by atoms with Crippen LogP contribution >= 0.6 is 0 Å². The lowest BCUT2D eigenvalue weighted by molar-refractivity contribution is -0.126. The van der Waals surface area contributed by atoms with Crippen molar-refractivity contribution in [3.05, 3.63) is 74.3 Å². The summed E-state index contributed by atoms with van der Waals surface area (Å²) in [7, 11) is 2.91. The summed E-state index contributed by atoms with van der Waals surface area (Å²) in [5.41, 5.74) is 0.0106. The molecule has 1 amide bonds. The maximum Gasteiger partial charge on any atom is 0.330 e. The second-order valence-corrected chi connectivity index (χ2v) is 5.66. The number of aryl methyl sites for hydroxylation is 1. The number of rotatable bonds is 5. The minimum atomic E-state index is -0.472. The Labute approximate surface area is 144 Å². The van der Waals surface area contributed by atoms with Gasteiger partial charge in [-0.15, -0.1) is 0 Å². The van der Waals surface area contributed by atoms with Crippen LogP contribution in [0, 0.1) is 5.82 Å². The Kier molecular flexibility index (Phi) is 5.69. The van der Waals surface area contributed by atoms with Crippen LogP contribution in [0.1, 0.15) is 18.1 Å². The number of hydrogen-bond donors (Lipinski definition) is 0. The average Bonchev–Trinajstić information content (AvgIpc) is 2.59. The van der Waals surface area contributed by atoms with E-state index in [9.17, 15) is 18.8 Å². The van der Waals surface area contributed by atoms with Crippen LogP contribution in [0.5, 0.6) is 0 Å². The normalized spacial score (nSPS) is 11.0. The molecule has 0 bridgehead atoms. The van der Waals surface area contributed by atoms with Gasteiger partial charge in [-0.25, -0.2) is 9.18 Å². The molecule has 0 fully saturated rings. The van der Waals surface area contributed by atoms with Gasteiger partial charge in [-0.05, 0) is 30.7 Å². The highest BCUT2D eigenvalue weighted by Crippen LogP contribution is 2.08. The van der Waals surface area contributed by atoms with E-state index >= 15 is 0 Å². The Morgan fingerprint density at radius 3 is 2.64 bits per heavy atom. The first-order valence-electron chi connectivity index (χ1n) is 7.81. The molecule has 0 saturated heterocycles. The maximum absolute atomic E-state index is 13.3. The van der Waals surface area contributed by atoms with E-state index in [0.29, 0.717) is 12.1 Å². The highest BCUT2D eigenvalue weighted by Gasteiger charge is 2.10. The molecule has 0 spiro atoms. The summed E-state index contributed by atoms with van der Waals surface area (Å²) in [5, 5.41) is 0. The first kappa shape index (κ1) is 18.4. The zero-order chi connectivity index (χ0) is 18.6. The molecule has 0 aliphatic rings. The lowest BCUT2D eigenvalue weighted by atomic mass is 10.2. The molecule has 1 aromatic heterocycles. The molecule has 0 unspecified atom stereocenters. The van der Waals surface area contributed by atoms with Crippen molar-refractivity contribution < 1.29 is 9.18 Å². The highest BCUT2D eigenvalue weighted by molar-refractivity contribution is 5.91. The van der Waals surface area contributed by atoms with Crippen LogP contribution in [0.4, 0.5) is 4.39 Å². The van der Waals surface area contributed by atoms with Crippen LogP contribution < -0.4 is 11.2 Å². The largest absolute Gasteiger partial charge is 0.335 e. The van der Waals surface area contributed by atoms with Crippen LogP contribution in [-0.4, -0.2) is 26.5 Å². The van der Waals surface area contributed by atoms with Crippen LogP contribution in [0.25, 0.3) is 6.08 Å². The van der Waals surface area contributed by atoms with E-state index in [1.54, 1.807) is 12.1 Å². The molecule has 6 nitrogen and oxygen atoms in total. The molecule has 0 aliphatic heterocycles. The summed E-state index contributed by atoms with van der Waals surface area (Å²) in [4.78, 5) is 37.6. The van der Waals surface area contributed by atoms with Crippen LogP contribution in [0.2, 0.25) is 0 Å². The summed E-state index contributed by atoms with van der Waals surface area (Å²) in [6.45, 7) is 2.52. The Morgan fingerprint density at radius 1 is 1.28 bits per heavy atom. The number of likely N-dealkylation sites (N-methyl/N-ethyl adjacent to an activating group) is 1. The maximum atomic E-state index is 13.3. The van der Waals surface area contributed by atoms with Crippen LogP contribution in [-0.2, 0) is 25.4 Å². The van der Waals surface area contributed by atoms with Gasteiger partial charge in [-0.2, -0.15) is 0 Å². The number of nitrogens with zero attached hydrogens (tertiary/aromatic N) is 3. The van der Waals surface area contributed by atoms with E-state index in [2.05, 4.69) is 0 Å². The van der Waals surface area contributed by atoms with E-state index in [1.807, 2.05) is 6.92 Å². The molecule has 7 heteroatoms. The summed E-state index contributed by atoms with van der Waals surface area (Å²) in [5.74, 6) is -0.659. The van der Waals surface area contributed by atoms with Crippen molar-refractivity contribution in [2.45, 2.75) is 13.5 Å². The summed E-state index contributed by atoms with van der Waals surface area (Å²) >= 11 is 0. The van der Waals surface area contributed by atoms with E-state index in [-0.39, 0.29) is 23.8 Å². The fourth-order valence-corrected chi connectivity index (χ4v) is 2.42. The third-order valence-corrected chi connectivity index (χ3v) is 3.83. The summed E-state index contributed by atoms with van der Waals surface area (Å²) in [6, 6.07) is 6.05. The van der Waals surface area contributed by atoms with E-state index in [0.717, 1.165) is 4.57 Å². The molecule has 0 saturated carbocycles. The minimum Gasteiger partial charge on any atom is -0.335 e. The van der Waals surface area contributed by atoms with Gasteiger partial charge in [0.05, 0.1) is 5.56 Å². The van der Waals surface area contributed by atoms with E-state index in [1.165, 1.54) is 54.0 Å². The fourth-order valence-electron chi connectivity index (χ4n) is 2.42. The smallest absolute Gasteiger partial charge is 0.330 e. The first-order chi connectivity index (χ1) is 11.8. The monoisotopic (exact) mass is 345 g/mol. The zero-order valence-corrected chi connectivity index (χ0v) is 14.4. The molecule has 1 aromatic carbocycles. The number of aromatic nitrogens is 2. The number of amides is 1. The van der Waals surface area contributed by atoms with Gasteiger partial charge in [0.15, 0.2) is 0 Å². The number of benzene rings is 1. The van der Waals surface area contributed by atoms with Crippen LogP contribution in [0.15, 0.2) is 46.1 Å². The van der Waals surface area contributed by atoms with Crippen molar-refractivity contribution in [3.63, 3.8) is 0 Å². The molecule has 0 N–H and O–H groups in total. The standard InChI is InChI=1S/C18H20FN3O3/c1-4-22(11-13-6-5-7-15(19)10-13)16(23)9-8-14-12-20(2)18(25)21(3)17(14)24/h5-10,12H,4,11H2,1-3H3/b9-8+.